The number of nitro groups is 1. The van der Waals surface area contributed by atoms with Gasteiger partial charge in [-0.3, -0.25) is 19.9 Å². The second-order valence-electron chi connectivity index (χ2n) is 2.98. The van der Waals surface area contributed by atoms with Crippen LogP contribution in [0.4, 0.5) is 5.69 Å². The van der Waals surface area contributed by atoms with Crippen molar-refractivity contribution in [2.24, 2.45) is 0 Å². The molecule has 17 heavy (non-hydrogen) atoms. The molecule has 0 aromatic carbocycles. The second-order valence-corrected chi connectivity index (χ2v) is 2.98. The van der Waals surface area contributed by atoms with Gasteiger partial charge >= 0.3 is 12.0 Å². The number of hydrogen-bond donors (Lipinski definition) is 0. The molecule has 0 radical (unpaired) electrons. The number of carbonyl (C=O) groups is 1. The van der Waals surface area contributed by atoms with Gasteiger partial charge in [-0.05, 0) is 13.0 Å². The number of nitrogens with zero attached hydrogens (tertiary/aromatic N) is 3. The van der Waals surface area contributed by atoms with Crippen molar-refractivity contribution in [2.75, 3.05) is 6.61 Å². The molecule has 0 amide bonds. The molecule has 0 fully saturated rings. The van der Waals surface area contributed by atoms with Gasteiger partial charge in [0.1, 0.15) is 11.8 Å². The lowest BCUT2D eigenvalue weighted by atomic mass is 10.1. The molecular weight excluding hydrogens is 226 g/mol. The standard InChI is InChI=1S/C10H9N3O4/c1-3-17-10(14)9(11-2)7-4-5-12-6-8(7)13(15)16/h4-6,9H,3H2,1H3. The molecule has 0 N–H and O–H groups in total. The minimum absolute atomic E-state index is 0.00144. The van der Waals surface area contributed by atoms with Crippen LogP contribution in [-0.2, 0) is 9.53 Å². The lowest BCUT2D eigenvalue weighted by molar-refractivity contribution is -0.386. The van der Waals surface area contributed by atoms with E-state index >= 15 is 0 Å². The van der Waals surface area contributed by atoms with Gasteiger partial charge in [-0.1, -0.05) is 0 Å². The summed E-state index contributed by atoms with van der Waals surface area (Å²) in [7, 11) is 0. The molecule has 1 heterocycles. The smallest absolute Gasteiger partial charge is 0.395 e. The van der Waals surface area contributed by atoms with Crippen LogP contribution in [0.1, 0.15) is 18.5 Å². The predicted molar refractivity (Wildman–Crippen MR) is 56.9 cm³/mol. The van der Waals surface area contributed by atoms with Crippen molar-refractivity contribution in [3.63, 3.8) is 0 Å². The Bertz CT molecular complexity index is 481. The van der Waals surface area contributed by atoms with E-state index in [4.69, 9.17) is 6.57 Å². The molecule has 1 rings (SSSR count). The predicted octanol–water partition coefficient (Wildman–Crippen LogP) is 1.51. The van der Waals surface area contributed by atoms with E-state index in [1.54, 1.807) is 6.92 Å². The maximum Gasteiger partial charge on any atom is 0.395 e. The third-order valence-electron chi connectivity index (χ3n) is 1.96. The van der Waals surface area contributed by atoms with Crippen molar-refractivity contribution in [2.45, 2.75) is 13.0 Å². The summed E-state index contributed by atoms with van der Waals surface area (Å²) in [6.45, 7) is 8.64. The third-order valence-corrected chi connectivity index (χ3v) is 1.96. The molecular formula is C10H9N3O4. The van der Waals surface area contributed by atoms with Crippen LogP contribution >= 0.6 is 0 Å². The van der Waals surface area contributed by atoms with E-state index in [-0.39, 0.29) is 17.9 Å². The summed E-state index contributed by atoms with van der Waals surface area (Å²) >= 11 is 0. The largest absolute Gasteiger partial charge is 0.460 e. The number of rotatable bonds is 4. The van der Waals surface area contributed by atoms with E-state index in [2.05, 4.69) is 14.6 Å². The summed E-state index contributed by atoms with van der Waals surface area (Å²) in [6.07, 6.45) is 2.30. The Morgan fingerprint density at radius 3 is 3.00 bits per heavy atom. The van der Waals surface area contributed by atoms with Crippen LogP contribution in [0.5, 0.6) is 0 Å². The van der Waals surface area contributed by atoms with E-state index in [1.807, 2.05) is 0 Å². The van der Waals surface area contributed by atoms with Gasteiger partial charge in [-0.25, -0.2) is 11.4 Å². The minimum Gasteiger partial charge on any atom is -0.460 e. The Morgan fingerprint density at radius 1 is 1.76 bits per heavy atom. The van der Waals surface area contributed by atoms with Crippen LogP contribution in [-0.4, -0.2) is 22.5 Å². The van der Waals surface area contributed by atoms with Crippen molar-refractivity contribution < 1.29 is 14.5 Å². The molecule has 0 saturated carbocycles. The Hall–Kier alpha value is -2.49. The molecule has 0 aliphatic carbocycles. The molecule has 0 saturated heterocycles. The second kappa shape index (κ2) is 5.55. The van der Waals surface area contributed by atoms with Crippen molar-refractivity contribution in [3.05, 3.63) is 45.6 Å². The average Bonchev–Trinajstić information content (AvgIpc) is 2.31. The highest BCUT2D eigenvalue weighted by molar-refractivity contribution is 5.81. The number of ether oxygens (including phenoxy) is 1. The van der Waals surface area contributed by atoms with Crippen molar-refractivity contribution >= 4 is 11.7 Å². The van der Waals surface area contributed by atoms with Crippen LogP contribution in [0.15, 0.2) is 18.5 Å². The molecule has 7 nitrogen and oxygen atoms in total. The molecule has 0 aliphatic heterocycles. The average molecular weight is 235 g/mol. The SMILES string of the molecule is [C-]#[N+]C(C(=O)OCC)c1ccncc1[N+](=O)[O-]. The van der Waals surface area contributed by atoms with Crippen LogP contribution in [0.2, 0.25) is 0 Å². The molecule has 1 aromatic rings. The summed E-state index contributed by atoms with van der Waals surface area (Å²) in [5, 5.41) is 10.7. The number of esters is 1. The van der Waals surface area contributed by atoms with Crippen LogP contribution in [0.3, 0.4) is 0 Å². The number of hydrogen-bond acceptors (Lipinski definition) is 5. The van der Waals surface area contributed by atoms with Gasteiger partial charge in [0.25, 0.3) is 5.69 Å². The highest BCUT2D eigenvalue weighted by atomic mass is 16.6. The molecule has 1 atom stereocenters. The zero-order valence-corrected chi connectivity index (χ0v) is 8.99. The van der Waals surface area contributed by atoms with Gasteiger partial charge in [-0.15, -0.1) is 0 Å². The first kappa shape index (κ1) is 12.6. The Labute approximate surface area is 97.0 Å². The summed E-state index contributed by atoms with van der Waals surface area (Å²) in [5.41, 5.74) is -0.361. The molecule has 1 aromatic heterocycles. The van der Waals surface area contributed by atoms with E-state index < -0.39 is 16.9 Å². The van der Waals surface area contributed by atoms with Crippen LogP contribution in [0, 0.1) is 16.7 Å². The van der Waals surface area contributed by atoms with Gasteiger partial charge in [0.15, 0.2) is 0 Å². The summed E-state index contributed by atoms with van der Waals surface area (Å²) in [4.78, 5) is 28.2. The molecule has 1 unspecified atom stereocenters. The summed E-state index contributed by atoms with van der Waals surface area (Å²) in [6, 6.07) is -0.0454. The Balaban J connectivity index is 3.17. The molecule has 7 heteroatoms. The lowest BCUT2D eigenvalue weighted by Crippen LogP contribution is -2.14. The molecule has 88 valence electrons. The van der Waals surface area contributed by atoms with E-state index in [1.165, 1.54) is 12.3 Å². The maximum atomic E-state index is 11.5. The molecule has 0 bridgehead atoms. The quantitative estimate of drug-likeness (QED) is 0.341. The van der Waals surface area contributed by atoms with Crippen molar-refractivity contribution in [3.8, 4) is 0 Å². The van der Waals surface area contributed by atoms with Gasteiger partial charge in [-0.2, -0.15) is 0 Å². The van der Waals surface area contributed by atoms with Crippen LogP contribution < -0.4 is 0 Å². The third kappa shape index (κ3) is 2.75. The number of pyridine rings is 1. The normalized spacial score (nSPS) is 11.3. The van der Waals surface area contributed by atoms with Gasteiger partial charge in [0, 0.05) is 6.20 Å². The highest BCUT2D eigenvalue weighted by Crippen LogP contribution is 2.27. The summed E-state index contributed by atoms with van der Waals surface area (Å²) in [5.74, 6) is -0.795. The summed E-state index contributed by atoms with van der Waals surface area (Å²) < 4.78 is 4.69. The monoisotopic (exact) mass is 235 g/mol. The molecule has 0 spiro atoms. The van der Waals surface area contributed by atoms with E-state index in [0.717, 1.165) is 6.20 Å². The van der Waals surface area contributed by atoms with Crippen LogP contribution in [0.25, 0.3) is 4.85 Å². The van der Waals surface area contributed by atoms with Gasteiger partial charge in [0.05, 0.1) is 11.5 Å². The first-order valence-corrected chi connectivity index (χ1v) is 4.73. The first-order chi connectivity index (χ1) is 8.11. The maximum absolute atomic E-state index is 11.5. The zero-order chi connectivity index (χ0) is 12.8. The van der Waals surface area contributed by atoms with Crippen molar-refractivity contribution in [1.82, 2.24) is 4.98 Å². The Morgan fingerprint density at radius 2 is 2.47 bits per heavy atom. The zero-order valence-electron chi connectivity index (χ0n) is 8.99. The lowest BCUT2D eigenvalue weighted by Gasteiger charge is -2.05. The fourth-order valence-electron chi connectivity index (χ4n) is 1.25. The fourth-order valence-corrected chi connectivity index (χ4v) is 1.25. The highest BCUT2D eigenvalue weighted by Gasteiger charge is 2.34. The van der Waals surface area contributed by atoms with E-state index in [9.17, 15) is 14.9 Å². The fraction of sp³-hybridized carbons (Fsp3) is 0.300. The minimum atomic E-state index is -1.32. The van der Waals surface area contributed by atoms with Gasteiger partial charge < -0.3 is 4.74 Å². The Kier molecular flexibility index (Phi) is 4.11. The van der Waals surface area contributed by atoms with Crippen molar-refractivity contribution in [1.29, 1.82) is 0 Å². The number of carbonyl (C=O) groups excluding carboxylic acids is 1. The van der Waals surface area contributed by atoms with Gasteiger partial charge in [0.2, 0.25) is 0 Å². The first-order valence-electron chi connectivity index (χ1n) is 4.73. The molecule has 0 aliphatic rings. The topological polar surface area (TPSA) is 86.7 Å². The van der Waals surface area contributed by atoms with E-state index in [0.29, 0.717) is 0 Å². The number of aromatic nitrogens is 1.